The first-order valence-corrected chi connectivity index (χ1v) is 8.47. The highest BCUT2D eigenvalue weighted by Crippen LogP contribution is 2.42. The number of halogens is 4. The molecule has 0 heterocycles. The quantitative estimate of drug-likeness (QED) is 0.764. The standard InChI is InChI=1S/C18H17ClF3NO4/c1-3-15(24)23(17(16(25)26)8-4-5-11(2)10-17)12-6-7-14(13(19)9-12)27-18(20,21)22/h1,6-7,9,11H,4-5,8,10H2,2H3,(H,25,26). The van der Waals surface area contributed by atoms with Crippen molar-refractivity contribution in [3.63, 3.8) is 0 Å². The number of amides is 1. The Labute approximate surface area is 159 Å². The third kappa shape index (κ3) is 4.48. The van der Waals surface area contributed by atoms with Crippen molar-refractivity contribution in [3.05, 3.63) is 23.2 Å². The van der Waals surface area contributed by atoms with Gasteiger partial charge in [0.1, 0.15) is 11.3 Å². The molecule has 1 amide bonds. The van der Waals surface area contributed by atoms with Crippen molar-refractivity contribution in [2.75, 3.05) is 4.90 Å². The lowest BCUT2D eigenvalue weighted by molar-refractivity contribution is -0.274. The molecule has 1 saturated carbocycles. The van der Waals surface area contributed by atoms with E-state index in [1.165, 1.54) is 0 Å². The van der Waals surface area contributed by atoms with Gasteiger partial charge >= 0.3 is 18.2 Å². The molecule has 1 aliphatic carbocycles. The van der Waals surface area contributed by atoms with Crippen molar-refractivity contribution < 1.29 is 32.6 Å². The zero-order valence-electron chi connectivity index (χ0n) is 14.3. The van der Waals surface area contributed by atoms with Crippen molar-refractivity contribution in [3.8, 4) is 18.1 Å². The molecule has 2 unspecified atom stereocenters. The first-order valence-electron chi connectivity index (χ1n) is 8.09. The first kappa shape index (κ1) is 20.9. The number of hydrogen-bond donors (Lipinski definition) is 1. The molecule has 0 bridgehead atoms. The summed E-state index contributed by atoms with van der Waals surface area (Å²) in [5.74, 6) is -0.890. The van der Waals surface area contributed by atoms with Gasteiger partial charge in [-0.15, -0.1) is 19.6 Å². The minimum absolute atomic E-state index is 0.00558. The number of terminal acetylenes is 1. The lowest BCUT2D eigenvalue weighted by Crippen LogP contribution is -2.59. The predicted octanol–water partition coefficient (Wildman–Crippen LogP) is 4.24. The van der Waals surface area contributed by atoms with Crippen molar-refractivity contribution in [1.29, 1.82) is 0 Å². The molecule has 2 rings (SSSR count). The van der Waals surface area contributed by atoms with E-state index < -0.39 is 34.5 Å². The molecule has 5 nitrogen and oxygen atoms in total. The van der Waals surface area contributed by atoms with E-state index in [9.17, 15) is 27.9 Å². The zero-order chi connectivity index (χ0) is 20.4. The van der Waals surface area contributed by atoms with Crippen LogP contribution in [0.1, 0.15) is 32.6 Å². The second-order valence-corrected chi connectivity index (χ2v) is 6.89. The van der Waals surface area contributed by atoms with Crippen molar-refractivity contribution >= 4 is 29.2 Å². The Balaban J connectivity index is 2.54. The van der Waals surface area contributed by atoms with Crippen LogP contribution in [0.5, 0.6) is 5.75 Å². The number of aliphatic carboxylic acids is 1. The minimum Gasteiger partial charge on any atom is -0.479 e. The van der Waals surface area contributed by atoms with Gasteiger partial charge in [-0.05, 0) is 42.9 Å². The van der Waals surface area contributed by atoms with Crippen molar-refractivity contribution in [2.45, 2.75) is 44.5 Å². The summed E-state index contributed by atoms with van der Waals surface area (Å²) < 4.78 is 41.0. The number of anilines is 1. The molecule has 1 N–H and O–H groups in total. The monoisotopic (exact) mass is 403 g/mol. The van der Waals surface area contributed by atoms with E-state index in [1.807, 2.05) is 12.8 Å². The molecule has 9 heteroatoms. The number of carbonyl (C=O) groups excluding carboxylic acids is 1. The van der Waals surface area contributed by atoms with Crippen LogP contribution in [0.3, 0.4) is 0 Å². The molecule has 0 aromatic heterocycles. The SMILES string of the molecule is C#CC(=O)N(c1ccc(OC(F)(F)F)c(Cl)c1)C1(C(=O)O)CCCC(C)C1. The average Bonchev–Trinajstić information content (AvgIpc) is 2.56. The summed E-state index contributed by atoms with van der Waals surface area (Å²) in [7, 11) is 0. The largest absolute Gasteiger partial charge is 0.573 e. The van der Waals surface area contributed by atoms with E-state index in [1.54, 1.807) is 0 Å². The van der Waals surface area contributed by atoms with Gasteiger partial charge in [0, 0.05) is 5.69 Å². The Morgan fingerprint density at radius 3 is 2.59 bits per heavy atom. The van der Waals surface area contributed by atoms with Gasteiger partial charge in [-0.1, -0.05) is 31.4 Å². The van der Waals surface area contributed by atoms with Crippen LogP contribution in [-0.4, -0.2) is 28.9 Å². The molecular weight excluding hydrogens is 387 g/mol. The minimum atomic E-state index is -4.94. The zero-order valence-corrected chi connectivity index (χ0v) is 15.1. The van der Waals surface area contributed by atoms with Gasteiger partial charge in [0.2, 0.25) is 0 Å². The number of carboxylic acid groups (broad SMARTS) is 1. The second kappa shape index (κ2) is 7.69. The Morgan fingerprint density at radius 1 is 1.44 bits per heavy atom. The summed E-state index contributed by atoms with van der Waals surface area (Å²) in [6.07, 6.45) is 1.96. The maximum absolute atomic E-state index is 12.4. The number of ether oxygens (including phenoxy) is 1. The lowest BCUT2D eigenvalue weighted by atomic mass is 9.75. The van der Waals surface area contributed by atoms with Crippen molar-refractivity contribution in [2.24, 2.45) is 5.92 Å². The van der Waals surface area contributed by atoms with Gasteiger partial charge in [0.05, 0.1) is 5.02 Å². The number of alkyl halides is 3. The lowest BCUT2D eigenvalue weighted by Gasteiger charge is -2.44. The van der Waals surface area contributed by atoms with E-state index in [2.05, 4.69) is 4.74 Å². The molecule has 146 valence electrons. The van der Waals surface area contributed by atoms with E-state index in [-0.39, 0.29) is 24.4 Å². The smallest absolute Gasteiger partial charge is 0.479 e. The first-order chi connectivity index (χ1) is 12.5. The number of benzene rings is 1. The molecule has 0 radical (unpaired) electrons. The molecule has 1 aromatic carbocycles. The highest BCUT2D eigenvalue weighted by Gasteiger charge is 2.49. The highest BCUT2D eigenvalue weighted by atomic mass is 35.5. The summed E-state index contributed by atoms with van der Waals surface area (Å²) in [5, 5.41) is 9.46. The van der Waals surface area contributed by atoms with E-state index in [4.69, 9.17) is 18.0 Å². The van der Waals surface area contributed by atoms with Crippen molar-refractivity contribution in [1.82, 2.24) is 0 Å². The van der Waals surface area contributed by atoms with Crippen LogP contribution in [0.2, 0.25) is 5.02 Å². The molecule has 27 heavy (non-hydrogen) atoms. The molecule has 2 atom stereocenters. The molecule has 0 spiro atoms. The van der Waals surface area contributed by atoms with Crippen LogP contribution < -0.4 is 9.64 Å². The highest BCUT2D eigenvalue weighted by molar-refractivity contribution is 6.32. The van der Waals surface area contributed by atoms with E-state index in [0.29, 0.717) is 6.42 Å². The summed E-state index contributed by atoms with van der Waals surface area (Å²) in [6, 6.07) is 3.09. The van der Waals surface area contributed by atoms with Gasteiger partial charge in [-0.2, -0.15) is 0 Å². The van der Waals surface area contributed by atoms with E-state index in [0.717, 1.165) is 29.5 Å². The number of carbonyl (C=O) groups is 2. The third-order valence-electron chi connectivity index (χ3n) is 4.53. The third-order valence-corrected chi connectivity index (χ3v) is 4.82. The van der Waals surface area contributed by atoms with Gasteiger partial charge in [0.15, 0.2) is 0 Å². The molecule has 1 aromatic rings. The van der Waals surface area contributed by atoms with Crippen LogP contribution in [-0.2, 0) is 9.59 Å². The van der Waals surface area contributed by atoms with Crippen LogP contribution in [0.15, 0.2) is 18.2 Å². The second-order valence-electron chi connectivity index (χ2n) is 6.49. The average molecular weight is 404 g/mol. The Kier molecular flexibility index (Phi) is 5.95. The fourth-order valence-corrected chi connectivity index (χ4v) is 3.69. The fraction of sp³-hybridized carbons (Fsp3) is 0.444. The van der Waals surface area contributed by atoms with Crippen LogP contribution >= 0.6 is 11.6 Å². The normalized spacial score (nSPS) is 22.6. The fourth-order valence-electron chi connectivity index (χ4n) is 3.48. The molecule has 0 saturated heterocycles. The van der Waals surface area contributed by atoms with Gasteiger partial charge in [-0.3, -0.25) is 9.69 Å². The summed E-state index contributed by atoms with van der Waals surface area (Å²) in [5.41, 5.74) is -1.61. The predicted molar refractivity (Wildman–Crippen MR) is 92.5 cm³/mol. The summed E-state index contributed by atoms with van der Waals surface area (Å²) in [6.45, 7) is 1.86. The summed E-state index contributed by atoms with van der Waals surface area (Å²) >= 11 is 5.86. The Morgan fingerprint density at radius 2 is 2.11 bits per heavy atom. The van der Waals surface area contributed by atoms with Gasteiger partial charge < -0.3 is 9.84 Å². The van der Waals surface area contributed by atoms with E-state index >= 15 is 0 Å². The number of carboxylic acids is 1. The number of hydrogen-bond acceptors (Lipinski definition) is 3. The summed E-state index contributed by atoms with van der Waals surface area (Å²) in [4.78, 5) is 25.5. The molecule has 0 aliphatic heterocycles. The maximum Gasteiger partial charge on any atom is 0.573 e. The van der Waals surface area contributed by atoms with Gasteiger partial charge in [0.25, 0.3) is 0 Å². The van der Waals surface area contributed by atoms with Gasteiger partial charge in [-0.25, -0.2) is 4.79 Å². The molecule has 1 aliphatic rings. The molecule has 1 fully saturated rings. The van der Waals surface area contributed by atoms with Crippen LogP contribution in [0.4, 0.5) is 18.9 Å². The van der Waals surface area contributed by atoms with Crippen LogP contribution in [0.25, 0.3) is 0 Å². The van der Waals surface area contributed by atoms with Crippen LogP contribution in [0, 0.1) is 18.3 Å². The number of nitrogens with zero attached hydrogens (tertiary/aromatic N) is 1. The Bertz CT molecular complexity index is 790. The topological polar surface area (TPSA) is 66.8 Å². The number of rotatable bonds is 4. The maximum atomic E-state index is 12.4. The Hall–Kier alpha value is -2.40. The molecular formula is C18H17ClF3NO4.